The molecule has 0 aliphatic carbocycles. The van der Waals surface area contributed by atoms with Gasteiger partial charge in [0.25, 0.3) is 0 Å². The molecule has 0 aromatic heterocycles. The Hall–Kier alpha value is -3.15. The zero-order valence-corrected chi connectivity index (χ0v) is 19.5. The summed E-state index contributed by atoms with van der Waals surface area (Å²) in [4.78, 5) is 13.4. The van der Waals surface area contributed by atoms with E-state index in [-0.39, 0.29) is 40.4 Å². The molecule has 168 valence electrons. The summed E-state index contributed by atoms with van der Waals surface area (Å²) in [5, 5.41) is 0. The van der Waals surface area contributed by atoms with Gasteiger partial charge in [-0.05, 0) is 0 Å². The quantitative estimate of drug-likeness (QED) is 0.376. The minimum absolute atomic E-state index is 0.0380. The van der Waals surface area contributed by atoms with Gasteiger partial charge in [0, 0.05) is 0 Å². The van der Waals surface area contributed by atoms with Crippen LogP contribution >= 0.6 is 0 Å². The van der Waals surface area contributed by atoms with E-state index in [1.807, 2.05) is 48.5 Å². The summed E-state index contributed by atoms with van der Waals surface area (Å²) in [7, 11) is 0. The SMILES string of the molecule is O=C1OC[C@@H](Cc2ccc3c(c2)OCO3)[C@@]1(Cc1ccc2c(c1)OCO2)[Se]c1ccccc1. The Morgan fingerprint density at radius 2 is 1.39 bits per heavy atom. The van der Waals surface area contributed by atoms with E-state index >= 15 is 0 Å². The number of esters is 1. The van der Waals surface area contributed by atoms with Crippen LogP contribution in [0.3, 0.4) is 0 Å². The Morgan fingerprint density at radius 1 is 0.758 bits per heavy atom. The van der Waals surface area contributed by atoms with E-state index in [9.17, 15) is 4.79 Å². The van der Waals surface area contributed by atoms with Gasteiger partial charge in [0.2, 0.25) is 0 Å². The van der Waals surface area contributed by atoms with E-state index in [0.29, 0.717) is 13.0 Å². The molecule has 3 aromatic rings. The van der Waals surface area contributed by atoms with Crippen molar-refractivity contribution in [3.63, 3.8) is 0 Å². The van der Waals surface area contributed by atoms with E-state index in [1.165, 1.54) is 4.46 Å². The fourth-order valence-corrected chi connectivity index (χ4v) is 7.57. The van der Waals surface area contributed by atoms with Gasteiger partial charge in [-0.1, -0.05) is 0 Å². The number of fused-ring (bicyclic) bond motifs is 2. The third-order valence-electron chi connectivity index (χ3n) is 6.29. The Bertz CT molecular complexity index is 1200. The van der Waals surface area contributed by atoms with Crippen LogP contribution in [-0.2, 0) is 22.4 Å². The molecule has 0 N–H and O–H groups in total. The summed E-state index contributed by atoms with van der Waals surface area (Å²) < 4.78 is 28.4. The standard InChI is InChI=1S/C26H22O6Se/c27-25-26(33-20-4-2-1-3-5-20,13-18-7-9-22-24(12-18)32-16-30-22)19(14-28-25)10-17-6-8-21-23(11-17)31-15-29-21/h1-9,11-12,19H,10,13-16H2/t19-,26-/m1/s1. The van der Waals surface area contributed by atoms with Crippen LogP contribution in [0.2, 0.25) is 4.31 Å². The summed E-state index contributed by atoms with van der Waals surface area (Å²) in [5.41, 5.74) is 2.16. The van der Waals surface area contributed by atoms with Crippen molar-refractivity contribution in [3.05, 3.63) is 77.9 Å². The molecule has 6 rings (SSSR count). The Morgan fingerprint density at radius 3 is 2.12 bits per heavy atom. The molecule has 3 aliphatic heterocycles. The predicted molar refractivity (Wildman–Crippen MR) is 122 cm³/mol. The van der Waals surface area contributed by atoms with Gasteiger partial charge in [-0.15, -0.1) is 0 Å². The fraction of sp³-hybridized carbons (Fsp3) is 0.269. The van der Waals surface area contributed by atoms with Crippen LogP contribution in [-0.4, -0.2) is 41.1 Å². The van der Waals surface area contributed by atoms with Gasteiger partial charge >= 0.3 is 198 Å². The zero-order chi connectivity index (χ0) is 22.3. The van der Waals surface area contributed by atoms with Crippen molar-refractivity contribution in [3.8, 4) is 23.0 Å². The Kier molecular flexibility index (Phi) is 5.16. The van der Waals surface area contributed by atoms with Gasteiger partial charge in [0.1, 0.15) is 0 Å². The monoisotopic (exact) mass is 510 g/mol. The van der Waals surface area contributed by atoms with Crippen molar-refractivity contribution in [2.45, 2.75) is 17.2 Å². The van der Waals surface area contributed by atoms with Crippen molar-refractivity contribution in [2.75, 3.05) is 20.2 Å². The normalized spacial score (nSPS) is 22.4. The van der Waals surface area contributed by atoms with Gasteiger partial charge in [-0.25, -0.2) is 0 Å². The average Bonchev–Trinajstić information content (AvgIpc) is 3.55. The van der Waals surface area contributed by atoms with E-state index in [4.69, 9.17) is 23.7 Å². The zero-order valence-electron chi connectivity index (χ0n) is 17.8. The molecular formula is C26H22O6Se. The second-order valence-corrected chi connectivity index (χ2v) is 11.3. The molecule has 0 spiro atoms. The van der Waals surface area contributed by atoms with Crippen LogP contribution in [0.5, 0.6) is 23.0 Å². The van der Waals surface area contributed by atoms with Crippen molar-refractivity contribution in [1.82, 2.24) is 0 Å². The van der Waals surface area contributed by atoms with Gasteiger partial charge in [0.05, 0.1) is 0 Å². The van der Waals surface area contributed by atoms with Gasteiger partial charge in [-0.2, -0.15) is 0 Å². The first kappa shape index (κ1) is 20.5. The third kappa shape index (κ3) is 3.81. The van der Waals surface area contributed by atoms with Crippen molar-refractivity contribution < 1.29 is 28.5 Å². The first-order chi connectivity index (χ1) is 16.2. The second kappa shape index (κ2) is 8.32. The van der Waals surface area contributed by atoms with Crippen LogP contribution in [0.4, 0.5) is 0 Å². The van der Waals surface area contributed by atoms with Crippen molar-refractivity contribution >= 4 is 25.4 Å². The molecular weight excluding hydrogens is 487 g/mol. The van der Waals surface area contributed by atoms with Gasteiger partial charge in [0.15, 0.2) is 0 Å². The number of cyclic esters (lactones) is 1. The van der Waals surface area contributed by atoms with Crippen LogP contribution in [0.25, 0.3) is 0 Å². The summed E-state index contributed by atoms with van der Waals surface area (Å²) >= 11 is -0.126. The molecule has 0 radical (unpaired) electrons. The first-order valence-electron chi connectivity index (χ1n) is 10.9. The third-order valence-corrected chi connectivity index (χ3v) is 9.47. The molecule has 3 heterocycles. The van der Waals surface area contributed by atoms with E-state index < -0.39 is 4.31 Å². The predicted octanol–water partition coefficient (Wildman–Crippen LogP) is 3.29. The molecule has 1 saturated heterocycles. The number of hydrogen-bond acceptors (Lipinski definition) is 6. The van der Waals surface area contributed by atoms with Crippen LogP contribution in [0.15, 0.2) is 66.7 Å². The topological polar surface area (TPSA) is 63.2 Å². The van der Waals surface area contributed by atoms with Crippen LogP contribution in [0.1, 0.15) is 11.1 Å². The molecule has 7 heteroatoms. The number of benzene rings is 3. The van der Waals surface area contributed by atoms with Crippen molar-refractivity contribution in [2.24, 2.45) is 5.92 Å². The fourth-order valence-electron chi connectivity index (χ4n) is 4.61. The molecule has 3 aromatic carbocycles. The minimum atomic E-state index is -0.627. The van der Waals surface area contributed by atoms with E-state index in [0.717, 1.165) is 40.5 Å². The molecule has 0 amide bonds. The van der Waals surface area contributed by atoms with Crippen molar-refractivity contribution in [1.29, 1.82) is 0 Å². The maximum atomic E-state index is 13.4. The molecule has 6 nitrogen and oxygen atoms in total. The van der Waals surface area contributed by atoms with E-state index in [1.54, 1.807) is 0 Å². The van der Waals surface area contributed by atoms with Gasteiger partial charge in [-0.3, -0.25) is 0 Å². The molecule has 2 atom stereocenters. The number of rotatable bonds is 6. The molecule has 33 heavy (non-hydrogen) atoms. The molecule has 1 fully saturated rings. The summed E-state index contributed by atoms with van der Waals surface area (Å²) in [6.07, 6.45) is 1.31. The molecule has 0 saturated carbocycles. The molecule has 0 unspecified atom stereocenters. The first-order valence-corrected chi connectivity index (χ1v) is 12.6. The summed E-state index contributed by atoms with van der Waals surface area (Å²) in [5.74, 6) is 2.91. The maximum absolute atomic E-state index is 13.4. The van der Waals surface area contributed by atoms with E-state index in [2.05, 4.69) is 18.2 Å². The van der Waals surface area contributed by atoms with Crippen LogP contribution in [0, 0.1) is 5.92 Å². The summed E-state index contributed by atoms with van der Waals surface area (Å²) in [6, 6.07) is 22.2. The molecule has 3 aliphatic rings. The van der Waals surface area contributed by atoms with Gasteiger partial charge < -0.3 is 0 Å². The van der Waals surface area contributed by atoms with Crippen LogP contribution < -0.4 is 23.4 Å². The average molecular weight is 509 g/mol. The second-order valence-electron chi connectivity index (χ2n) is 8.36. The number of hydrogen-bond donors (Lipinski definition) is 0. The number of carbonyl (C=O) groups is 1. The summed E-state index contributed by atoms with van der Waals surface area (Å²) in [6.45, 7) is 0.883. The number of carbonyl (C=O) groups excluding carboxylic acids is 1. The number of ether oxygens (including phenoxy) is 5. The molecule has 0 bridgehead atoms. The Balaban J connectivity index is 1.36. The Labute approximate surface area is 197 Å².